The molecule has 0 aliphatic carbocycles. The Morgan fingerprint density at radius 2 is 2.05 bits per heavy atom. The van der Waals surface area contributed by atoms with Crippen molar-refractivity contribution in [3.05, 3.63) is 47.9 Å². The van der Waals surface area contributed by atoms with Gasteiger partial charge in [-0.05, 0) is 24.3 Å². The lowest BCUT2D eigenvalue weighted by Gasteiger charge is -2.13. The summed E-state index contributed by atoms with van der Waals surface area (Å²) >= 11 is 0. The van der Waals surface area contributed by atoms with E-state index in [-0.39, 0.29) is 10.6 Å². The molecule has 21 heavy (non-hydrogen) atoms. The molecule has 0 fully saturated rings. The average Bonchev–Trinajstić information content (AvgIpc) is 2.96. The van der Waals surface area contributed by atoms with Crippen molar-refractivity contribution in [1.82, 2.24) is 13.9 Å². The van der Waals surface area contributed by atoms with E-state index in [1.165, 1.54) is 18.3 Å². The summed E-state index contributed by atoms with van der Waals surface area (Å²) in [7, 11) is -2.38. The van der Waals surface area contributed by atoms with Crippen molar-refractivity contribution in [2.24, 2.45) is 7.05 Å². The summed E-state index contributed by atoms with van der Waals surface area (Å²) in [5.41, 5.74) is 0.332. The first-order valence-corrected chi connectivity index (χ1v) is 7.53. The monoisotopic (exact) mass is 305 g/mol. The fraction of sp³-hybridized carbons (Fsp3) is 0.154. The minimum absolute atomic E-state index is 0.00261. The SMILES string of the molecule is Cn1cccc1C(=O)CN1C(=O)c2cccnc2S1(=O)=O. The van der Waals surface area contributed by atoms with Crippen LogP contribution in [0.4, 0.5) is 0 Å². The summed E-state index contributed by atoms with van der Waals surface area (Å²) in [6.07, 6.45) is 2.97. The van der Waals surface area contributed by atoms with Crippen molar-refractivity contribution in [3.63, 3.8) is 0 Å². The van der Waals surface area contributed by atoms with Gasteiger partial charge in [0.05, 0.1) is 11.3 Å². The number of fused-ring (bicyclic) bond motifs is 1. The molecule has 0 saturated heterocycles. The van der Waals surface area contributed by atoms with Gasteiger partial charge in [0, 0.05) is 19.4 Å². The molecule has 0 radical (unpaired) electrons. The van der Waals surface area contributed by atoms with Crippen molar-refractivity contribution in [2.45, 2.75) is 5.03 Å². The number of amides is 1. The van der Waals surface area contributed by atoms with Gasteiger partial charge in [0.2, 0.25) is 0 Å². The van der Waals surface area contributed by atoms with Crippen LogP contribution < -0.4 is 0 Å². The van der Waals surface area contributed by atoms with E-state index in [1.54, 1.807) is 29.9 Å². The molecule has 0 spiro atoms. The predicted molar refractivity (Wildman–Crippen MR) is 72.2 cm³/mol. The van der Waals surface area contributed by atoms with Crippen LogP contribution in [0.25, 0.3) is 0 Å². The molecule has 0 atom stereocenters. The Kier molecular flexibility index (Phi) is 2.91. The molecule has 8 heteroatoms. The third-order valence-corrected chi connectivity index (χ3v) is 4.97. The number of Topliss-reactive ketones (excluding diaryl/α,β-unsaturated/α-hetero) is 1. The summed E-state index contributed by atoms with van der Waals surface area (Å²) < 4.78 is 26.7. The number of aromatic nitrogens is 2. The molecule has 108 valence electrons. The van der Waals surface area contributed by atoms with Gasteiger partial charge in [0.1, 0.15) is 6.54 Å². The maximum absolute atomic E-state index is 12.3. The van der Waals surface area contributed by atoms with Gasteiger partial charge in [-0.3, -0.25) is 9.59 Å². The standard InChI is InChI=1S/C13H11N3O4S/c1-15-7-3-5-10(15)11(17)8-16-13(18)9-4-2-6-14-12(9)21(16,19)20/h2-7H,8H2,1H3. The van der Waals surface area contributed by atoms with Crippen LogP contribution in [0.5, 0.6) is 0 Å². The molecule has 0 aromatic carbocycles. The highest BCUT2D eigenvalue weighted by atomic mass is 32.2. The molecule has 3 rings (SSSR count). The number of pyridine rings is 1. The van der Waals surface area contributed by atoms with Gasteiger partial charge in [-0.25, -0.2) is 9.29 Å². The minimum atomic E-state index is -4.05. The number of hydrogen-bond donors (Lipinski definition) is 0. The van der Waals surface area contributed by atoms with E-state index in [9.17, 15) is 18.0 Å². The molecule has 0 N–H and O–H groups in total. The minimum Gasteiger partial charge on any atom is -0.348 e. The maximum Gasteiger partial charge on any atom is 0.285 e. The number of rotatable bonds is 3. The van der Waals surface area contributed by atoms with Gasteiger partial charge in [-0.2, -0.15) is 8.42 Å². The molecular weight excluding hydrogens is 294 g/mol. The second kappa shape index (κ2) is 4.52. The zero-order valence-electron chi connectivity index (χ0n) is 11.1. The summed E-state index contributed by atoms with van der Waals surface area (Å²) in [5.74, 6) is -1.17. The highest BCUT2D eigenvalue weighted by Crippen LogP contribution is 2.28. The van der Waals surface area contributed by atoms with Crippen molar-refractivity contribution < 1.29 is 18.0 Å². The van der Waals surface area contributed by atoms with Gasteiger partial charge in [0.15, 0.2) is 10.8 Å². The van der Waals surface area contributed by atoms with Crippen molar-refractivity contribution >= 4 is 21.7 Å². The molecule has 3 heterocycles. The zero-order valence-corrected chi connectivity index (χ0v) is 11.9. The highest BCUT2D eigenvalue weighted by molar-refractivity contribution is 7.90. The quantitative estimate of drug-likeness (QED) is 0.768. The summed E-state index contributed by atoms with van der Waals surface area (Å²) in [6, 6.07) is 6.11. The van der Waals surface area contributed by atoms with E-state index in [4.69, 9.17) is 0 Å². The predicted octanol–water partition coefficient (Wildman–Crippen LogP) is 0.448. The van der Waals surface area contributed by atoms with Crippen LogP contribution in [0.3, 0.4) is 0 Å². The average molecular weight is 305 g/mol. The summed E-state index contributed by atoms with van der Waals surface area (Å²) in [5, 5.41) is -0.297. The molecule has 0 bridgehead atoms. The van der Waals surface area contributed by atoms with Crippen molar-refractivity contribution in [2.75, 3.05) is 6.54 Å². The molecule has 2 aromatic heterocycles. The van der Waals surface area contributed by atoms with Gasteiger partial charge < -0.3 is 4.57 Å². The molecule has 1 aliphatic heterocycles. The Morgan fingerprint density at radius 1 is 1.29 bits per heavy atom. The molecule has 1 amide bonds. The Hall–Kier alpha value is -2.48. The number of carbonyl (C=O) groups is 2. The largest absolute Gasteiger partial charge is 0.348 e. The number of nitrogens with zero attached hydrogens (tertiary/aromatic N) is 3. The van der Waals surface area contributed by atoms with Gasteiger partial charge >= 0.3 is 0 Å². The molecular formula is C13H11N3O4S. The van der Waals surface area contributed by atoms with Crippen LogP contribution in [0.2, 0.25) is 0 Å². The van der Waals surface area contributed by atoms with E-state index >= 15 is 0 Å². The second-order valence-corrected chi connectivity index (χ2v) is 6.38. The van der Waals surface area contributed by atoms with Crippen LogP contribution >= 0.6 is 0 Å². The fourth-order valence-electron chi connectivity index (χ4n) is 2.23. The lowest BCUT2D eigenvalue weighted by Crippen LogP contribution is -2.35. The van der Waals surface area contributed by atoms with E-state index < -0.39 is 28.3 Å². The Labute approximate surface area is 120 Å². The van der Waals surface area contributed by atoms with Crippen LogP contribution in [0.15, 0.2) is 41.7 Å². The Morgan fingerprint density at radius 3 is 2.67 bits per heavy atom. The number of hydrogen-bond acceptors (Lipinski definition) is 5. The number of ketones is 1. The van der Waals surface area contributed by atoms with E-state index in [0.717, 1.165) is 0 Å². The third-order valence-electron chi connectivity index (χ3n) is 3.28. The first-order valence-electron chi connectivity index (χ1n) is 6.09. The normalized spacial score (nSPS) is 16.0. The molecule has 1 aliphatic rings. The lowest BCUT2D eigenvalue weighted by molar-refractivity contribution is 0.0817. The summed E-state index contributed by atoms with van der Waals surface area (Å²) in [4.78, 5) is 28.1. The van der Waals surface area contributed by atoms with Crippen LogP contribution in [-0.4, -0.2) is 40.5 Å². The van der Waals surface area contributed by atoms with Gasteiger partial charge in [-0.1, -0.05) is 0 Å². The topological polar surface area (TPSA) is 89.3 Å². The smallest absolute Gasteiger partial charge is 0.285 e. The molecule has 7 nitrogen and oxygen atoms in total. The lowest BCUT2D eigenvalue weighted by atomic mass is 10.2. The molecule has 0 unspecified atom stereocenters. The van der Waals surface area contributed by atoms with E-state index in [1.807, 2.05) is 0 Å². The Balaban J connectivity index is 1.97. The van der Waals surface area contributed by atoms with Crippen LogP contribution in [0, 0.1) is 0 Å². The second-order valence-electron chi connectivity index (χ2n) is 4.60. The Bertz CT molecular complexity index is 854. The molecule has 0 saturated carbocycles. The van der Waals surface area contributed by atoms with E-state index in [2.05, 4.69) is 4.98 Å². The number of carbonyl (C=O) groups excluding carboxylic acids is 2. The van der Waals surface area contributed by atoms with Gasteiger partial charge in [-0.15, -0.1) is 0 Å². The maximum atomic E-state index is 12.3. The summed E-state index contributed by atoms with van der Waals surface area (Å²) in [6.45, 7) is -0.532. The zero-order chi connectivity index (χ0) is 15.2. The van der Waals surface area contributed by atoms with Crippen molar-refractivity contribution in [1.29, 1.82) is 0 Å². The first-order chi connectivity index (χ1) is 9.93. The van der Waals surface area contributed by atoms with Crippen LogP contribution in [0.1, 0.15) is 20.8 Å². The third kappa shape index (κ3) is 1.95. The van der Waals surface area contributed by atoms with Gasteiger partial charge in [0.25, 0.3) is 15.9 Å². The van der Waals surface area contributed by atoms with Crippen molar-refractivity contribution in [3.8, 4) is 0 Å². The van der Waals surface area contributed by atoms with Crippen LogP contribution in [-0.2, 0) is 17.1 Å². The highest BCUT2D eigenvalue weighted by Gasteiger charge is 2.43. The molecule has 2 aromatic rings. The number of aryl methyl sites for hydroxylation is 1. The fourth-order valence-corrected chi connectivity index (χ4v) is 3.67. The van der Waals surface area contributed by atoms with E-state index in [0.29, 0.717) is 10.00 Å². The first kappa shape index (κ1) is 13.5. The number of sulfonamides is 1.